The zero-order valence-corrected chi connectivity index (χ0v) is 13.0. The number of halogens is 1. The van der Waals surface area contributed by atoms with E-state index >= 15 is 0 Å². The summed E-state index contributed by atoms with van der Waals surface area (Å²) >= 11 is 0. The van der Waals surface area contributed by atoms with Gasteiger partial charge in [-0.05, 0) is 25.0 Å². The SMILES string of the molecule is NCC1CCCN1C(=O)CCNS(=O)(=O)c1ccccc1F. The Morgan fingerprint density at radius 2 is 2.14 bits per heavy atom. The van der Waals surface area contributed by atoms with E-state index in [4.69, 9.17) is 5.73 Å². The molecule has 1 saturated heterocycles. The van der Waals surface area contributed by atoms with Crippen LogP contribution in [0.15, 0.2) is 29.2 Å². The zero-order valence-electron chi connectivity index (χ0n) is 12.2. The first-order valence-corrected chi connectivity index (χ1v) is 8.68. The van der Waals surface area contributed by atoms with Gasteiger partial charge in [0.25, 0.3) is 0 Å². The Kier molecular flexibility index (Phi) is 5.49. The van der Waals surface area contributed by atoms with Crippen molar-refractivity contribution in [2.75, 3.05) is 19.6 Å². The van der Waals surface area contributed by atoms with Crippen LogP contribution in [-0.2, 0) is 14.8 Å². The molecule has 0 bridgehead atoms. The van der Waals surface area contributed by atoms with Crippen LogP contribution in [0.4, 0.5) is 4.39 Å². The van der Waals surface area contributed by atoms with Crippen LogP contribution in [0, 0.1) is 5.82 Å². The van der Waals surface area contributed by atoms with Crippen LogP contribution in [0.25, 0.3) is 0 Å². The Bertz CT molecular complexity index is 636. The Morgan fingerprint density at radius 1 is 1.41 bits per heavy atom. The van der Waals surface area contributed by atoms with Crippen molar-refractivity contribution >= 4 is 15.9 Å². The van der Waals surface area contributed by atoms with Gasteiger partial charge in [-0.2, -0.15) is 0 Å². The van der Waals surface area contributed by atoms with Crippen LogP contribution >= 0.6 is 0 Å². The van der Waals surface area contributed by atoms with Gasteiger partial charge in [0.1, 0.15) is 10.7 Å². The number of carbonyl (C=O) groups is 1. The lowest BCUT2D eigenvalue weighted by atomic mass is 10.2. The lowest BCUT2D eigenvalue weighted by Crippen LogP contribution is -2.41. The van der Waals surface area contributed by atoms with Crippen molar-refractivity contribution in [1.82, 2.24) is 9.62 Å². The van der Waals surface area contributed by atoms with Crippen LogP contribution in [0.3, 0.4) is 0 Å². The number of benzene rings is 1. The molecule has 6 nitrogen and oxygen atoms in total. The van der Waals surface area contributed by atoms with E-state index < -0.39 is 20.7 Å². The normalized spacial score (nSPS) is 18.6. The molecule has 1 aromatic carbocycles. The summed E-state index contributed by atoms with van der Waals surface area (Å²) in [7, 11) is -3.95. The molecule has 1 atom stereocenters. The van der Waals surface area contributed by atoms with E-state index in [9.17, 15) is 17.6 Å². The maximum Gasteiger partial charge on any atom is 0.243 e. The predicted molar refractivity (Wildman–Crippen MR) is 80.0 cm³/mol. The van der Waals surface area contributed by atoms with Gasteiger partial charge in [0.05, 0.1) is 0 Å². The fraction of sp³-hybridized carbons (Fsp3) is 0.500. The third kappa shape index (κ3) is 3.82. The monoisotopic (exact) mass is 329 g/mol. The third-order valence-electron chi connectivity index (χ3n) is 3.73. The average molecular weight is 329 g/mol. The first-order valence-electron chi connectivity index (χ1n) is 7.19. The van der Waals surface area contributed by atoms with E-state index in [0.717, 1.165) is 18.9 Å². The van der Waals surface area contributed by atoms with Gasteiger partial charge in [-0.25, -0.2) is 17.5 Å². The van der Waals surface area contributed by atoms with Crippen molar-refractivity contribution in [2.24, 2.45) is 5.73 Å². The molecule has 1 aromatic rings. The van der Waals surface area contributed by atoms with E-state index in [0.29, 0.717) is 13.1 Å². The summed E-state index contributed by atoms with van der Waals surface area (Å²) in [6.45, 7) is 0.997. The Balaban J connectivity index is 1.91. The molecule has 1 heterocycles. The minimum absolute atomic E-state index is 0.0319. The molecule has 8 heteroatoms. The fourth-order valence-electron chi connectivity index (χ4n) is 2.59. The van der Waals surface area contributed by atoms with Gasteiger partial charge in [-0.15, -0.1) is 0 Å². The molecule has 0 saturated carbocycles. The van der Waals surface area contributed by atoms with Crippen molar-refractivity contribution in [3.8, 4) is 0 Å². The summed E-state index contributed by atoms with van der Waals surface area (Å²) in [4.78, 5) is 13.3. The number of nitrogens with two attached hydrogens (primary N) is 1. The van der Waals surface area contributed by atoms with Gasteiger partial charge in [-0.3, -0.25) is 4.79 Å². The number of nitrogens with one attached hydrogen (secondary N) is 1. The Hall–Kier alpha value is -1.51. The molecular formula is C14H20FN3O3S. The van der Waals surface area contributed by atoms with Crippen LogP contribution in [0.5, 0.6) is 0 Å². The smallest absolute Gasteiger partial charge is 0.243 e. The van der Waals surface area contributed by atoms with Crippen molar-refractivity contribution in [2.45, 2.75) is 30.2 Å². The highest BCUT2D eigenvalue weighted by molar-refractivity contribution is 7.89. The number of likely N-dealkylation sites (tertiary alicyclic amines) is 1. The summed E-state index contributed by atoms with van der Waals surface area (Å²) in [6.07, 6.45) is 1.82. The standard InChI is InChI=1S/C14H20FN3O3S/c15-12-5-1-2-6-13(12)22(20,21)17-8-7-14(19)18-9-3-4-11(18)10-16/h1-2,5-6,11,17H,3-4,7-10,16H2. The first kappa shape index (κ1) is 16.9. The van der Waals surface area contributed by atoms with Crippen molar-refractivity contribution in [3.63, 3.8) is 0 Å². The number of hydrogen-bond donors (Lipinski definition) is 2. The molecule has 1 amide bonds. The second-order valence-electron chi connectivity index (χ2n) is 5.20. The van der Waals surface area contributed by atoms with E-state index in [-0.39, 0.29) is 24.9 Å². The molecule has 1 aliphatic heterocycles. The quantitative estimate of drug-likeness (QED) is 0.792. The average Bonchev–Trinajstić information content (AvgIpc) is 2.95. The molecule has 0 radical (unpaired) electrons. The van der Waals surface area contributed by atoms with Gasteiger partial charge in [0, 0.05) is 32.1 Å². The Morgan fingerprint density at radius 3 is 2.82 bits per heavy atom. The molecule has 0 spiro atoms. The highest BCUT2D eigenvalue weighted by atomic mass is 32.2. The van der Waals surface area contributed by atoms with Crippen LogP contribution in [-0.4, -0.2) is 44.9 Å². The summed E-state index contributed by atoms with van der Waals surface area (Å²) in [6, 6.07) is 5.16. The second kappa shape index (κ2) is 7.17. The van der Waals surface area contributed by atoms with E-state index in [1.54, 1.807) is 4.90 Å². The summed E-state index contributed by atoms with van der Waals surface area (Å²) < 4.78 is 39.7. The largest absolute Gasteiger partial charge is 0.338 e. The van der Waals surface area contributed by atoms with Crippen LogP contribution in [0.1, 0.15) is 19.3 Å². The van der Waals surface area contributed by atoms with Crippen LogP contribution < -0.4 is 10.5 Å². The number of carbonyl (C=O) groups excluding carboxylic acids is 1. The highest BCUT2D eigenvalue weighted by Gasteiger charge is 2.27. The number of rotatable bonds is 6. The van der Waals surface area contributed by atoms with Gasteiger partial charge in [-0.1, -0.05) is 12.1 Å². The number of sulfonamides is 1. The molecule has 3 N–H and O–H groups in total. The van der Waals surface area contributed by atoms with E-state index in [1.165, 1.54) is 18.2 Å². The molecule has 1 unspecified atom stereocenters. The zero-order chi connectivity index (χ0) is 16.2. The van der Waals surface area contributed by atoms with Gasteiger partial charge in [0.15, 0.2) is 0 Å². The fourth-order valence-corrected chi connectivity index (χ4v) is 3.69. The molecular weight excluding hydrogens is 309 g/mol. The highest BCUT2D eigenvalue weighted by Crippen LogP contribution is 2.17. The van der Waals surface area contributed by atoms with Gasteiger partial charge in [0.2, 0.25) is 15.9 Å². The molecule has 1 aliphatic rings. The molecule has 0 aliphatic carbocycles. The molecule has 2 rings (SSSR count). The van der Waals surface area contributed by atoms with Crippen molar-refractivity contribution < 1.29 is 17.6 Å². The maximum atomic E-state index is 13.5. The van der Waals surface area contributed by atoms with Gasteiger partial charge >= 0.3 is 0 Å². The topological polar surface area (TPSA) is 92.5 Å². The van der Waals surface area contributed by atoms with Crippen molar-refractivity contribution in [1.29, 1.82) is 0 Å². The summed E-state index contributed by atoms with van der Waals surface area (Å²) in [5.74, 6) is -0.951. The molecule has 1 fully saturated rings. The van der Waals surface area contributed by atoms with Gasteiger partial charge < -0.3 is 10.6 Å². The molecule has 22 heavy (non-hydrogen) atoms. The van der Waals surface area contributed by atoms with E-state index in [1.807, 2.05) is 0 Å². The Labute approximate surface area is 129 Å². The summed E-state index contributed by atoms with van der Waals surface area (Å²) in [5.41, 5.74) is 5.61. The molecule has 122 valence electrons. The number of nitrogens with zero attached hydrogens (tertiary/aromatic N) is 1. The minimum atomic E-state index is -3.95. The van der Waals surface area contributed by atoms with Crippen LogP contribution in [0.2, 0.25) is 0 Å². The van der Waals surface area contributed by atoms with E-state index in [2.05, 4.69) is 4.72 Å². The summed E-state index contributed by atoms with van der Waals surface area (Å²) in [5, 5.41) is 0. The third-order valence-corrected chi connectivity index (χ3v) is 5.22. The number of amides is 1. The second-order valence-corrected chi connectivity index (χ2v) is 6.93. The lowest BCUT2D eigenvalue weighted by molar-refractivity contribution is -0.131. The first-order chi connectivity index (χ1) is 10.5. The lowest BCUT2D eigenvalue weighted by Gasteiger charge is -2.23. The predicted octanol–water partition coefficient (Wildman–Crippen LogP) is 0.444. The minimum Gasteiger partial charge on any atom is -0.338 e. The number of hydrogen-bond acceptors (Lipinski definition) is 4. The van der Waals surface area contributed by atoms with Crippen molar-refractivity contribution in [3.05, 3.63) is 30.1 Å². The molecule has 0 aromatic heterocycles. The maximum absolute atomic E-state index is 13.5.